The minimum Gasteiger partial charge on any atom is -0.473 e. The highest BCUT2D eigenvalue weighted by atomic mass is 16.5. The number of nitrogens with zero attached hydrogens (tertiary/aromatic N) is 2. The zero-order valence-corrected chi connectivity index (χ0v) is 18.9. The number of aromatic nitrogens is 2. The van der Waals surface area contributed by atoms with E-state index in [1.165, 1.54) is 12.0 Å². The van der Waals surface area contributed by atoms with Crippen molar-refractivity contribution in [2.45, 2.75) is 71.5 Å². The van der Waals surface area contributed by atoms with E-state index in [-0.39, 0.29) is 16.9 Å². The quantitative estimate of drug-likeness (QED) is 0.740. The topological polar surface area (TPSA) is 67.3 Å². The Morgan fingerprint density at radius 3 is 2.37 bits per heavy atom. The van der Waals surface area contributed by atoms with Crippen LogP contribution in [0.4, 0.5) is 0 Å². The van der Waals surface area contributed by atoms with Crippen LogP contribution < -0.4 is 10.1 Å². The molecule has 2 N–H and O–H groups in total. The highest BCUT2D eigenvalue weighted by molar-refractivity contribution is 5.41. The van der Waals surface area contributed by atoms with Gasteiger partial charge >= 0.3 is 0 Å². The van der Waals surface area contributed by atoms with Crippen LogP contribution in [0.25, 0.3) is 0 Å². The summed E-state index contributed by atoms with van der Waals surface area (Å²) >= 11 is 0. The van der Waals surface area contributed by atoms with Crippen molar-refractivity contribution in [2.24, 2.45) is 10.8 Å². The average Bonchev–Trinajstić information content (AvgIpc) is 3.03. The van der Waals surface area contributed by atoms with Crippen molar-refractivity contribution in [3.05, 3.63) is 53.2 Å². The molecule has 0 bridgehead atoms. The van der Waals surface area contributed by atoms with Gasteiger partial charge in [0.2, 0.25) is 5.88 Å². The molecule has 2 atom stereocenters. The molecule has 1 aliphatic heterocycles. The van der Waals surface area contributed by atoms with Gasteiger partial charge in [-0.15, -0.1) is 5.10 Å². The third-order valence-corrected chi connectivity index (χ3v) is 7.37. The molecule has 4 rings (SSSR count). The van der Waals surface area contributed by atoms with E-state index in [4.69, 9.17) is 4.74 Å². The molecule has 0 radical (unpaired) electrons. The second-order valence-electron chi connectivity index (χ2n) is 10.4. The number of aliphatic hydroxyl groups is 1. The third-order valence-electron chi connectivity index (χ3n) is 7.37. The lowest BCUT2D eigenvalue weighted by Crippen LogP contribution is -2.63. The van der Waals surface area contributed by atoms with Gasteiger partial charge in [0.05, 0.1) is 6.20 Å². The standard InChI is InChI=1S/C25H35N3O2/c1-17(2)18-8-10-19(11-9-18)25(29,24(5)15-26-16-24)20-13-22(28-27-14-20)30-21-7-6-12-23(21,3)4/h8-11,13-14,17,21,26,29H,6-7,12,15-16H2,1-5H3. The maximum atomic E-state index is 12.2. The summed E-state index contributed by atoms with van der Waals surface area (Å²) in [7, 11) is 0. The zero-order chi connectivity index (χ0) is 21.6. The van der Waals surface area contributed by atoms with Gasteiger partial charge in [0.25, 0.3) is 0 Å². The van der Waals surface area contributed by atoms with Crippen LogP contribution in [0.15, 0.2) is 36.5 Å². The van der Waals surface area contributed by atoms with Crippen molar-refractivity contribution in [2.75, 3.05) is 13.1 Å². The van der Waals surface area contributed by atoms with Gasteiger partial charge in [0.1, 0.15) is 11.7 Å². The molecular weight excluding hydrogens is 374 g/mol. The molecule has 2 fully saturated rings. The smallest absolute Gasteiger partial charge is 0.234 e. The van der Waals surface area contributed by atoms with Crippen LogP contribution >= 0.6 is 0 Å². The van der Waals surface area contributed by atoms with Gasteiger partial charge in [-0.25, -0.2) is 0 Å². The van der Waals surface area contributed by atoms with Gasteiger partial charge in [0.15, 0.2) is 0 Å². The summed E-state index contributed by atoms with van der Waals surface area (Å²) in [5.41, 5.74) is 1.51. The van der Waals surface area contributed by atoms with E-state index in [0.29, 0.717) is 11.8 Å². The van der Waals surface area contributed by atoms with E-state index < -0.39 is 5.60 Å². The van der Waals surface area contributed by atoms with Crippen molar-refractivity contribution in [1.82, 2.24) is 15.5 Å². The highest BCUT2D eigenvalue weighted by Crippen LogP contribution is 2.48. The van der Waals surface area contributed by atoms with E-state index in [1.54, 1.807) is 6.20 Å². The molecular formula is C25H35N3O2. The summed E-state index contributed by atoms with van der Waals surface area (Å²) in [6.45, 7) is 12.5. The summed E-state index contributed by atoms with van der Waals surface area (Å²) in [4.78, 5) is 0. The van der Waals surface area contributed by atoms with Crippen molar-refractivity contribution >= 4 is 0 Å². The monoisotopic (exact) mass is 409 g/mol. The molecule has 5 heteroatoms. The molecule has 0 spiro atoms. The van der Waals surface area contributed by atoms with E-state index in [0.717, 1.165) is 37.1 Å². The van der Waals surface area contributed by atoms with Crippen molar-refractivity contribution in [3.8, 4) is 5.88 Å². The molecule has 1 saturated heterocycles. The molecule has 2 aliphatic rings. The van der Waals surface area contributed by atoms with Crippen LogP contribution in [0.2, 0.25) is 0 Å². The summed E-state index contributed by atoms with van der Waals surface area (Å²) in [5, 5.41) is 24.0. The van der Waals surface area contributed by atoms with Crippen LogP contribution in [-0.2, 0) is 5.60 Å². The molecule has 30 heavy (non-hydrogen) atoms. The maximum Gasteiger partial charge on any atom is 0.234 e. The van der Waals surface area contributed by atoms with Crippen molar-refractivity contribution in [3.63, 3.8) is 0 Å². The Bertz CT molecular complexity index is 890. The van der Waals surface area contributed by atoms with Gasteiger partial charge in [-0.05, 0) is 36.3 Å². The van der Waals surface area contributed by atoms with Crippen LogP contribution in [0.3, 0.4) is 0 Å². The number of benzene rings is 1. The largest absolute Gasteiger partial charge is 0.473 e. The third kappa shape index (κ3) is 3.52. The summed E-state index contributed by atoms with van der Waals surface area (Å²) in [6.07, 6.45) is 5.16. The number of ether oxygens (including phenoxy) is 1. The summed E-state index contributed by atoms with van der Waals surface area (Å²) < 4.78 is 6.28. The minimum absolute atomic E-state index is 0.126. The Labute approximate surface area is 180 Å². The number of hydrogen-bond donors (Lipinski definition) is 2. The Balaban J connectivity index is 1.71. The fourth-order valence-corrected chi connectivity index (χ4v) is 4.99. The molecule has 1 aliphatic carbocycles. The number of hydrogen-bond acceptors (Lipinski definition) is 5. The molecule has 1 saturated carbocycles. The van der Waals surface area contributed by atoms with Gasteiger partial charge < -0.3 is 15.2 Å². The van der Waals surface area contributed by atoms with Crippen LogP contribution in [0, 0.1) is 10.8 Å². The molecule has 1 aromatic carbocycles. The van der Waals surface area contributed by atoms with Crippen LogP contribution in [0.5, 0.6) is 5.88 Å². The van der Waals surface area contributed by atoms with Gasteiger partial charge in [-0.1, -0.05) is 58.9 Å². The Kier molecular flexibility index (Phi) is 5.39. The lowest BCUT2D eigenvalue weighted by Gasteiger charge is -2.51. The number of rotatable bonds is 6. The first-order chi connectivity index (χ1) is 14.2. The molecule has 2 unspecified atom stereocenters. The molecule has 2 heterocycles. The minimum atomic E-state index is -1.17. The molecule has 1 aromatic heterocycles. The SMILES string of the molecule is CC(C)c1ccc(C(O)(c2cnnc(OC3CCCC3(C)C)c2)C2(C)CNC2)cc1. The van der Waals surface area contributed by atoms with Crippen molar-refractivity contribution < 1.29 is 9.84 Å². The Morgan fingerprint density at radius 1 is 1.13 bits per heavy atom. The zero-order valence-electron chi connectivity index (χ0n) is 18.9. The Morgan fingerprint density at radius 2 is 1.83 bits per heavy atom. The second kappa shape index (κ2) is 7.61. The molecule has 162 valence electrons. The first kappa shape index (κ1) is 21.3. The van der Waals surface area contributed by atoms with E-state index >= 15 is 0 Å². The lowest BCUT2D eigenvalue weighted by atomic mass is 9.63. The van der Waals surface area contributed by atoms with Gasteiger partial charge in [-0.3, -0.25) is 0 Å². The average molecular weight is 410 g/mol. The van der Waals surface area contributed by atoms with Gasteiger partial charge in [0, 0.05) is 35.5 Å². The summed E-state index contributed by atoms with van der Waals surface area (Å²) in [6, 6.07) is 10.2. The summed E-state index contributed by atoms with van der Waals surface area (Å²) in [5.74, 6) is 0.950. The fraction of sp³-hybridized carbons (Fsp3) is 0.600. The van der Waals surface area contributed by atoms with E-state index in [9.17, 15) is 5.11 Å². The highest BCUT2D eigenvalue weighted by Gasteiger charge is 2.53. The predicted octanol–water partition coefficient (Wildman–Crippen LogP) is 4.40. The molecule has 5 nitrogen and oxygen atoms in total. The lowest BCUT2D eigenvalue weighted by molar-refractivity contribution is -0.0772. The fourth-order valence-electron chi connectivity index (χ4n) is 4.99. The van der Waals surface area contributed by atoms with E-state index in [2.05, 4.69) is 74.4 Å². The first-order valence-corrected chi connectivity index (χ1v) is 11.2. The van der Waals surface area contributed by atoms with Gasteiger partial charge in [-0.2, -0.15) is 5.10 Å². The number of nitrogens with one attached hydrogen (secondary N) is 1. The first-order valence-electron chi connectivity index (χ1n) is 11.2. The maximum absolute atomic E-state index is 12.2. The second-order valence-corrected chi connectivity index (χ2v) is 10.4. The van der Waals surface area contributed by atoms with Crippen LogP contribution in [0.1, 0.15) is 76.5 Å². The predicted molar refractivity (Wildman–Crippen MR) is 119 cm³/mol. The molecule has 0 amide bonds. The van der Waals surface area contributed by atoms with E-state index in [1.807, 2.05) is 6.07 Å². The normalized spacial score (nSPS) is 24.3. The van der Waals surface area contributed by atoms with Crippen molar-refractivity contribution in [1.29, 1.82) is 0 Å². The van der Waals surface area contributed by atoms with Crippen LogP contribution in [-0.4, -0.2) is 34.5 Å². The Hall–Kier alpha value is -1.98. The molecule has 2 aromatic rings.